The van der Waals surface area contributed by atoms with Gasteiger partial charge in [0.1, 0.15) is 28.9 Å². The van der Waals surface area contributed by atoms with Gasteiger partial charge in [-0.25, -0.2) is 0 Å². The molecule has 3 unspecified atom stereocenters. The van der Waals surface area contributed by atoms with Gasteiger partial charge in [-0.3, -0.25) is 4.79 Å². The first-order valence-corrected chi connectivity index (χ1v) is 11.1. The third kappa shape index (κ3) is 3.62. The van der Waals surface area contributed by atoms with Gasteiger partial charge >= 0.3 is 0 Å². The fourth-order valence-electron chi connectivity index (χ4n) is 4.84. The van der Waals surface area contributed by atoms with Crippen LogP contribution in [0.1, 0.15) is 45.2 Å². The quantitative estimate of drug-likeness (QED) is 0.356. The molecule has 10 heteroatoms. The van der Waals surface area contributed by atoms with Gasteiger partial charge in [0.15, 0.2) is 35.2 Å². The molecule has 5 rings (SSSR count). The van der Waals surface area contributed by atoms with E-state index in [1.807, 2.05) is 0 Å². The van der Waals surface area contributed by atoms with E-state index in [1.165, 1.54) is 32.4 Å². The van der Waals surface area contributed by atoms with Crippen LogP contribution in [0.25, 0.3) is 0 Å². The molecule has 4 atom stereocenters. The molecule has 3 aromatic carbocycles. The Morgan fingerprint density at radius 1 is 0.861 bits per heavy atom. The van der Waals surface area contributed by atoms with Crippen molar-refractivity contribution < 1.29 is 49.3 Å². The van der Waals surface area contributed by atoms with Crippen LogP contribution in [-0.2, 0) is 4.74 Å². The lowest BCUT2D eigenvalue weighted by molar-refractivity contribution is -0.00118. The van der Waals surface area contributed by atoms with Gasteiger partial charge in [-0.1, -0.05) is 6.07 Å². The Morgan fingerprint density at radius 3 is 2.33 bits per heavy atom. The number of carbonyl (C=O) groups excluding carboxylic acids is 1. The predicted octanol–water partition coefficient (Wildman–Crippen LogP) is 3.06. The second-order valence-corrected chi connectivity index (χ2v) is 8.61. The number of ether oxygens (including phenoxy) is 4. The van der Waals surface area contributed by atoms with Crippen LogP contribution in [0.4, 0.5) is 0 Å². The van der Waals surface area contributed by atoms with E-state index in [0.29, 0.717) is 16.7 Å². The molecule has 188 valence electrons. The molecular formula is C26H24O10. The molecule has 0 aromatic heterocycles. The molecule has 0 saturated heterocycles. The SMILES string of the molecule is COc1cc(C2Oc3c(O)cc(C4Oc5cc(O)cc(O)c5C(=O)C4OC)cc3[C@H]2CO)ccc1O. The summed E-state index contributed by atoms with van der Waals surface area (Å²) in [5, 5.41) is 51.1. The van der Waals surface area contributed by atoms with E-state index >= 15 is 0 Å². The van der Waals surface area contributed by atoms with Crippen LogP contribution in [0.2, 0.25) is 0 Å². The number of ketones is 1. The first-order valence-electron chi connectivity index (χ1n) is 11.1. The maximum atomic E-state index is 13.1. The number of phenols is 4. The van der Waals surface area contributed by atoms with E-state index in [-0.39, 0.29) is 46.7 Å². The summed E-state index contributed by atoms with van der Waals surface area (Å²) < 4.78 is 22.6. The van der Waals surface area contributed by atoms with Crippen molar-refractivity contribution >= 4 is 5.78 Å². The molecule has 3 aromatic rings. The number of hydrogen-bond donors (Lipinski definition) is 5. The molecule has 0 fully saturated rings. The zero-order valence-electron chi connectivity index (χ0n) is 19.3. The fraction of sp³-hybridized carbons (Fsp3) is 0.269. The average Bonchev–Trinajstić information content (AvgIpc) is 3.22. The number of fused-ring (bicyclic) bond motifs is 2. The third-order valence-corrected chi connectivity index (χ3v) is 6.54. The van der Waals surface area contributed by atoms with Crippen molar-refractivity contribution in [2.45, 2.75) is 24.2 Å². The lowest BCUT2D eigenvalue weighted by atomic mass is 9.87. The molecule has 5 N–H and O–H groups in total. The number of aliphatic hydroxyl groups excluding tert-OH is 1. The summed E-state index contributed by atoms with van der Waals surface area (Å²) in [6.45, 7) is -0.327. The number of phenolic OH excluding ortho intramolecular Hbond substituents is 4. The Hall–Kier alpha value is -4.15. The van der Waals surface area contributed by atoms with Gasteiger partial charge in [0.2, 0.25) is 5.78 Å². The highest BCUT2D eigenvalue weighted by molar-refractivity contribution is 6.05. The molecule has 2 aliphatic heterocycles. The summed E-state index contributed by atoms with van der Waals surface area (Å²) in [5.74, 6) is -1.78. The molecule has 0 bridgehead atoms. The summed E-state index contributed by atoms with van der Waals surface area (Å²) in [7, 11) is 2.74. The third-order valence-electron chi connectivity index (χ3n) is 6.54. The normalized spacial score (nSPS) is 22.4. The topological polar surface area (TPSA) is 155 Å². The average molecular weight is 496 g/mol. The summed E-state index contributed by atoms with van der Waals surface area (Å²) in [4.78, 5) is 13.1. The molecule has 0 spiro atoms. The van der Waals surface area contributed by atoms with Crippen molar-refractivity contribution in [3.63, 3.8) is 0 Å². The predicted molar refractivity (Wildman–Crippen MR) is 124 cm³/mol. The standard InChI is InChI=1S/C26H24O10/c1-33-19-7-11(3-4-16(19)29)23-15(10-27)14-5-12(6-18(31)25(14)36-23)24-26(34-2)22(32)21-17(30)8-13(28)9-20(21)35-24/h3-9,15,23-24,26-31H,10H2,1-2H3/t15-,23?,24?,26?/m1/s1. The maximum Gasteiger partial charge on any atom is 0.203 e. The van der Waals surface area contributed by atoms with Gasteiger partial charge in [0.25, 0.3) is 0 Å². The van der Waals surface area contributed by atoms with Crippen LogP contribution >= 0.6 is 0 Å². The van der Waals surface area contributed by atoms with Gasteiger partial charge in [0.05, 0.1) is 19.6 Å². The van der Waals surface area contributed by atoms with Crippen LogP contribution in [0.3, 0.4) is 0 Å². The lowest BCUT2D eigenvalue weighted by Gasteiger charge is -2.32. The van der Waals surface area contributed by atoms with Crippen molar-refractivity contribution in [1.82, 2.24) is 0 Å². The van der Waals surface area contributed by atoms with Crippen LogP contribution < -0.4 is 14.2 Å². The molecule has 36 heavy (non-hydrogen) atoms. The lowest BCUT2D eigenvalue weighted by Crippen LogP contribution is -2.37. The van der Waals surface area contributed by atoms with Crippen molar-refractivity contribution in [3.05, 3.63) is 64.7 Å². The highest BCUT2D eigenvalue weighted by Crippen LogP contribution is 2.52. The van der Waals surface area contributed by atoms with Crippen LogP contribution in [0, 0.1) is 0 Å². The number of rotatable bonds is 5. The number of aliphatic hydroxyl groups is 1. The zero-order chi connectivity index (χ0) is 25.7. The first-order chi connectivity index (χ1) is 17.3. The number of Topliss-reactive ketones (excluding diaryl/α,β-unsaturated/α-hetero) is 1. The fourth-order valence-corrected chi connectivity index (χ4v) is 4.84. The molecular weight excluding hydrogens is 472 g/mol. The van der Waals surface area contributed by atoms with Gasteiger partial charge in [-0.2, -0.15) is 0 Å². The molecule has 2 heterocycles. The number of carbonyl (C=O) groups is 1. The molecule has 0 aliphatic carbocycles. The minimum absolute atomic E-state index is 0.0280. The summed E-state index contributed by atoms with van der Waals surface area (Å²) in [5.41, 5.74) is 1.35. The summed E-state index contributed by atoms with van der Waals surface area (Å²) in [6.07, 6.45) is -2.88. The minimum atomic E-state index is -1.16. The number of benzene rings is 3. The molecule has 0 radical (unpaired) electrons. The smallest absolute Gasteiger partial charge is 0.203 e. The van der Waals surface area contributed by atoms with Crippen LogP contribution in [-0.4, -0.2) is 58.2 Å². The highest BCUT2D eigenvalue weighted by atomic mass is 16.5. The molecule has 2 aliphatic rings. The van der Waals surface area contributed by atoms with Crippen molar-refractivity contribution in [2.75, 3.05) is 20.8 Å². The minimum Gasteiger partial charge on any atom is -0.508 e. The largest absolute Gasteiger partial charge is 0.508 e. The Labute approximate surface area is 205 Å². The first kappa shape index (κ1) is 23.6. The van der Waals surface area contributed by atoms with Gasteiger partial charge in [-0.05, 0) is 35.4 Å². The number of aromatic hydroxyl groups is 4. The maximum absolute atomic E-state index is 13.1. The van der Waals surface area contributed by atoms with E-state index in [9.17, 15) is 30.3 Å². The Kier molecular flexibility index (Phi) is 5.77. The second kappa shape index (κ2) is 8.81. The molecule has 0 saturated carbocycles. The summed E-state index contributed by atoms with van der Waals surface area (Å²) >= 11 is 0. The Bertz CT molecular complexity index is 1350. The van der Waals surface area contributed by atoms with Crippen molar-refractivity contribution in [1.29, 1.82) is 0 Å². The van der Waals surface area contributed by atoms with Gasteiger partial charge in [0, 0.05) is 24.8 Å². The van der Waals surface area contributed by atoms with E-state index in [2.05, 4.69) is 0 Å². The van der Waals surface area contributed by atoms with Gasteiger partial charge < -0.3 is 44.5 Å². The molecule has 10 nitrogen and oxygen atoms in total. The Morgan fingerprint density at radius 2 is 1.64 bits per heavy atom. The number of methoxy groups -OCH3 is 2. The Balaban J connectivity index is 1.56. The van der Waals surface area contributed by atoms with Crippen molar-refractivity contribution in [3.8, 4) is 40.2 Å². The number of hydrogen-bond acceptors (Lipinski definition) is 10. The van der Waals surface area contributed by atoms with E-state index in [4.69, 9.17) is 18.9 Å². The summed E-state index contributed by atoms with van der Waals surface area (Å²) in [6, 6.07) is 9.97. The second-order valence-electron chi connectivity index (χ2n) is 8.61. The monoisotopic (exact) mass is 496 g/mol. The van der Waals surface area contributed by atoms with E-state index < -0.39 is 35.8 Å². The molecule has 0 amide bonds. The highest BCUT2D eigenvalue weighted by Gasteiger charge is 2.43. The van der Waals surface area contributed by atoms with Crippen LogP contribution in [0.15, 0.2) is 42.5 Å². The van der Waals surface area contributed by atoms with Crippen molar-refractivity contribution in [2.24, 2.45) is 0 Å². The van der Waals surface area contributed by atoms with Crippen LogP contribution in [0.5, 0.6) is 40.2 Å². The van der Waals surface area contributed by atoms with E-state index in [0.717, 1.165) is 6.07 Å². The van der Waals surface area contributed by atoms with E-state index in [1.54, 1.807) is 18.2 Å². The van der Waals surface area contributed by atoms with Gasteiger partial charge in [-0.15, -0.1) is 0 Å². The zero-order valence-corrected chi connectivity index (χ0v) is 19.3.